The fraction of sp³-hybridized carbons (Fsp3) is 0.300. The third kappa shape index (κ3) is 4.82. The van der Waals surface area contributed by atoms with Gasteiger partial charge < -0.3 is 10.1 Å². The molecule has 2 atom stereocenters. The van der Waals surface area contributed by atoms with Crippen LogP contribution in [-0.2, 0) is 26.0 Å². The fourth-order valence-corrected chi connectivity index (χ4v) is 4.69. The molecule has 1 N–H and O–H groups in total. The molecule has 2 aromatic rings. The second-order valence-corrected chi connectivity index (χ2v) is 9.16. The lowest BCUT2D eigenvalue weighted by atomic mass is 10.1. The summed E-state index contributed by atoms with van der Waals surface area (Å²) in [6.07, 6.45) is 0.466. The molecule has 1 aliphatic heterocycles. The number of nitro benzene ring substituents is 1. The normalized spacial score (nSPS) is 16.4. The summed E-state index contributed by atoms with van der Waals surface area (Å²) in [5, 5.41) is 13.2. The minimum atomic E-state index is -3.44. The van der Waals surface area contributed by atoms with Gasteiger partial charge in [0.1, 0.15) is 0 Å². The number of non-ortho nitro benzene ring substituents is 1. The van der Waals surface area contributed by atoms with Gasteiger partial charge in [-0.05, 0) is 56.2 Å². The zero-order valence-corrected chi connectivity index (χ0v) is 17.9. The van der Waals surface area contributed by atoms with E-state index in [2.05, 4.69) is 5.32 Å². The molecule has 1 heterocycles. The van der Waals surface area contributed by atoms with E-state index in [0.29, 0.717) is 23.4 Å². The number of nitrogens with one attached hydrogen (secondary N) is 1. The van der Waals surface area contributed by atoms with Crippen LogP contribution in [0.25, 0.3) is 0 Å². The van der Waals surface area contributed by atoms with Gasteiger partial charge in [-0.15, -0.1) is 0 Å². The van der Waals surface area contributed by atoms with Crippen LogP contribution in [0.4, 0.5) is 17.1 Å². The second-order valence-electron chi connectivity index (χ2n) is 7.30. The van der Waals surface area contributed by atoms with Gasteiger partial charge in [0.05, 0.1) is 22.4 Å². The van der Waals surface area contributed by atoms with Crippen molar-refractivity contribution < 1.29 is 27.7 Å². The van der Waals surface area contributed by atoms with Crippen molar-refractivity contribution in [1.29, 1.82) is 0 Å². The zero-order valence-electron chi connectivity index (χ0n) is 17.1. The Morgan fingerprint density at radius 1 is 1.23 bits per heavy atom. The Hall–Kier alpha value is -3.47. The average Bonchev–Trinajstić information content (AvgIpc) is 3.03. The molecule has 0 saturated carbocycles. The van der Waals surface area contributed by atoms with Gasteiger partial charge in [0.25, 0.3) is 11.6 Å². The molecule has 10 nitrogen and oxygen atoms in total. The molecule has 0 spiro atoms. The van der Waals surface area contributed by atoms with Crippen molar-refractivity contribution >= 4 is 39.0 Å². The Morgan fingerprint density at radius 2 is 1.87 bits per heavy atom. The van der Waals surface area contributed by atoms with Crippen LogP contribution >= 0.6 is 0 Å². The topological polar surface area (TPSA) is 136 Å². The molecule has 0 radical (unpaired) electrons. The molecule has 1 aliphatic rings. The number of hydrogen-bond donors (Lipinski definition) is 1. The number of fused-ring (bicyclic) bond motifs is 1. The molecule has 0 saturated heterocycles. The van der Waals surface area contributed by atoms with Gasteiger partial charge >= 0.3 is 5.97 Å². The molecule has 0 aromatic heterocycles. The highest BCUT2D eigenvalue weighted by Gasteiger charge is 2.33. The minimum absolute atomic E-state index is 0.113. The van der Waals surface area contributed by atoms with E-state index >= 15 is 0 Å². The standard InChI is InChI=1S/C20H21N3O7S/c1-12-10-15-11-14(4-9-18(15)22(12)31(3,28)29)20(25)30-13(2)19(24)21-16-5-7-17(8-6-16)23(26)27/h4-9,11-13H,10H2,1-3H3,(H,21,24). The maximum absolute atomic E-state index is 12.5. The molecule has 0 bridgehead atoms. The SMILES string of the molecule is CC(OC(=O)c1ccc2c(c1)CC(C)N2S(C)(=O)=O)C(=O)Nc1ccc([N+](=O)[O-])cc1. The molecule has 3 rings (SSSR count). The van der Waals surface area contributed by atoms with E-state index in [4.69, 9.17) is 4.74 Å². The van der Waals surface area contributed by atoms with Gasteiger partial charge in [0.2, 0.25) is 10.0 Å². The van der Waals surface area contributed by atoms with Gasteiger partial charge in [-0.1, -0.05) is 0 Å². The van der Waals surface area contributed by atoms with Crippen LogP contribution in [0, 0.1) is 10.1 Å². The number of hydrogen-bond acceptors (Lipinski definition) is 7. The van der Waals surface area contributed by atoms with Gasteiger partial charge in [0.15, 0.2) is 6.10 Å². The quantitative estimate of drug-likeness (QED) is 0.408. The third-order valence-electron chi connectivity index (χ3n) is 4.82. The van der Waals surface area contributed by atoms with E-state index in [9.17, 15) is 28.1 Å². The lowest BCUT2D eigenvalue weighted by Gasteiger charge is -2.22. The van der Waals surface area contributed by atoms with E-state index in [1.54, 1.807) is 19.1 Å². The van der Waals surface area contributed by atoms with Crippen molar-refractivity contribution in [3.05, 3.63) is 63.7 Å². The van der Waals surface area contributed by atoms with Crippen molar-refractivity contribution in [2.75, 3.05) is 15.9 Å². The third-order valence-corrected chi connectivity index (χ3v) is 6.10. The number of rotatable bonds is 6. The first-order valence-electron chi connectivity index (χ1n) is 9.36. The summed E-state index contributed by atoms with van der Waals surface area (Å²) < 4.78 is 30.5. The van der Waals surface area contributed by atoms with Crippen LogP contribution in [-0.4, -0.2) is 43.6 Å². The molecule has 0 fully saturated rings. The second kappa shape index (κ2) is 8.34. The molecule has 11 heteroatoms. The van der Waals surface area contributed by atoms with Gasteiger partial charge in [0, 0.05) is 23.9 Å². The van der Waals surface area contributed by atoms with Gasteiger partial charge in [-0.3, -0.25) is 19.2 Å². The Morgan fingerprint density at radius 3 is 2.45 bits per heavy atom. The molecule has 0 aliphatic carbocycles. The van der Waals surface area contributed by atoms with Crippen molar-refractivity contribution in [2.24, 2.45) is 0 Å². The first-order chi connectivity index (χ1) is 14.5. The Labute approximate surface area is 179 Å². The molecule has 31 heavy (non-hydrogen) atoms. The van der Waals surface area contributed by atoms with E-state index in [1.165, 1.54) is 41.6 Å². The first-order valence-corrected chi connectivity index (χ1v) is 11.2. The summed E-state index contributed by atoms with van der Waals surface area (Å²) >= 11 is 0. The number of nitro groups is 1. The summed E-state index contributed by atoms with van der Waals surface area (Å²) in [5.41, 5.74) is 1.64. The van der Waals surface area contributed by atoms with E-state index in [0.717, 1.165) is 6.26 Å². The Kier molecular flexibility index (Phi) is 5.98. The first kappa shape index (κ1) is 22.2. The summed E-state index contributed by atoms with van der Waals surface area (Å²) in [5.74, 6) is -1.32. The smallest absolute Gasteiger partial charge is 0.338 e. The predicted octanol–water partition coefficient (Wildman–Crippen LogP) is 2.49. The van der Waals surface area contributed by atoms with Gasteiger partial charge in [-0.25, -0.2) is 13.2 Å². The Balaban J connectivity index is 1.67. The number of sulfonamides is 1. The van der Waals surface area contributed by atoms with Crippen LogP contribution in [0.1, 0.15) is 29.8 Å². The number of benzene rings is 2. The number of carbonyl (C=O) groups excluding carboxylic acids is 2. The summed E-state index contributed by atoms with van der Waals surface area (Å²) in [4.78, 5) is 34.9. The summed E-state index contributed by atoms with van der Waals surface area (Å²) in [7, 11) is -3.44. The lowest BCUT2D eigenvalue weighted by Crippen LogP contribution is -2.34. The van der Waals surface area contributed by atoms with Crippen molar-refractivity contribution in [3.8, 4) is 0 Å². The van der Waals surface area contributed by atoms with Crippen molar-refractivity contribution in [1.82, 2.24) is 0 Å². The largest absolute Gasteiger partial charge is 0.449 e. The molecule has 164 valence electrons. The number of nitrogens with zero attached hydrogens (tertiary/aromatic N) is 2. The number of amides is 1. The Bertz CT molecular complexity index is 1150. The maximum Gasteiger partial charge on any atom is 0.338 e. The van der Waals surface area contributed by atoms with Gasteiger partial charge in [-0.2, -0.15) is 0 Å². The predicted molar refractivity (Wildman–Crippen MR) is 114 cm³/mol. The minimum Gasteiger partial charge on any atom is -0.449 e. The van der Waals surface area contributed by atoms with Crippen LogP contribution in [0.3, 0.4) is 0 Å². The summed E-state index contributed by atoms with van der Waals surface area (Å²) in [6, 6.07) is 9.56. The number of esters is 1. The van der Waals surface area contributed by atoms with Crippen LogP contribution in [0.2, 0.25) is 0 Å². The van der Waals surface area contributed by atoms with Crippen LogP contribution in [0.5, 0.6) is 0 Å². The van der Waals surface area contributed by atoms with E-state index in [-0.39, 0.29) is 17.3 Å². The fourth-order valence-electron chi connectivity index (χ4n) is 3.43. The highest BCUT2D eigenvalue weighted by molar-refractivity contribution is 7.92. The van der Waals surface area contributed by atoms with E-state index < -0.39 is 32.9 Å². The van der Waals surface area contributed by atoms with Crippen LogP contribution < -0.4 is 9.62 Å². The molecule has 1 amide bonds. The van der Waals surface area contributed by atoms with Crippen LogP contribution in [0.15, 0.2) is 42.5 Å². The van der Waals surface area contributed by atoms with E-state index in [1.807, 2.05) is 0 Å². The maximum atomic E-state index is 12.5. The number of anilines is 2. The highest BCUT2D eigenvalue weighted by atomic mass is 32.2. The molecule has 2 aromatic carbocycles. The number of carbonyl (C=O) groups is 2. The van der Waals surface area contributed by atoms with Crippen molar-refractivity contribution in [2.45, 2.75) is 32.4 Å². The van der Waals surface area contributed by atoms with Crippen molar-refractivity contribution in [3.63, 3.8) is 0 Å². The lowest BCUT2D eigenvalue weighted by molar-refractivity contribution is -0.384. The average molecular weight is 447 g/mol. The summed E-state index contributed by atoms with van der Waals surface area (Å²) in [6.45, 7) is 3.18. The molecule has 2 unspecified atom stereocenters. The number of ether oxygens (including phenoxy) is 1. The highest BCUT2D eigenvalue weighted by Crippen LogP contribution is 2.34. The molecular formula is C20H21N3O7S. The molecular weight excluding hydrogens is 426 g/mol. The monoisotopic (exact) mass is 447 g/mol. The zero-order chi connectivity index (χ0) is 22.9.